The van der Waals surface area contributed by atoms with Gasteiger partial charge < -0.3 is 5.32 Å². The Kier molecular flexibility index (Phi) is 2.44. The van der Waals surface area contributed by atoms with Crippen LogP contribution in [0.5, 0.6) is 0 Å². The van der Waals surface area contributed by atoms with Gasteiger partial charge in [0.15, 0.2) is 0 Å². The Bertz CT molecular complexity index is 566. The smallest absolute Gasteiger partial charge is 0.295 e. The summed E-state index contributed by atoms with van der Waals surface area (Å²) < 4.78 is 0. The summed E-state index contributed by atoms with van der Waals surface area (Å²) in [6, 6.07) is 4.96. The Morgan fingerprint density at radius 2 is 2.19 bits per heavy atom. The molecule has 0 aliphatic rings. The van der Waals surface area contributed by atoms with Gasteiger partial charge in [-0.05, 0) is 12.5 Å². The van der Waals surface area contributed by atoms with E-state index >= 15 is 0 Å². The van der Waals surface area contributed by atoms with Gasteiger partial charge in [0.1, 0.15) is 5.52 Å². The molecule has 0 aliphatic heterocycles. The molecule has 1 N–H and O–H groups in total. The molecule has 0 atom stereocenters. The van der Waals surface area contributed by atoms with Gasteiger partial charge in [0.05, 0.1) is 4.92 Å². The maximum atomic E-state index is 10.8. The maximum absolute atomic E-state index is 10.8. The quantitative estimate of drug-likeness (QED) is 0.619. The fourth-order valence-electron chi connectivity index (χ4n) is 1.79. The summed E-state index contributed by atoms with van der Waals surface area (Å²) in [6.45, 7) is 1.91. The lowest BCUT2D eigenvalue weighted by Gasteiger charge is -2.08. The zero-order valence-electron chi connectivity index (χ0n) is 9.02. The van der Waals surface area contributed by atoms with E-state index in [9.17, 15) is 10.1 Å². The molecule has 0 aliphatic carbocycles. The van der Waals surface area contributed by atoms with Crippen molar-refractivity contribution in [1.29, 1.82) is 0 Å². The van der Waals surface area contributed by atoms with Crippen LogP contribution in [0.15, 0.2) is 24.4 Å². The Morgan fingerprint density at radius 1 is 1.44 bits per heavy atom. The molecular formula is C11H11N3O2. The van der Waals surface area contributed by atoms with Crippen LogP contribution in [-0.4, -0.2) is 17.0 Å². The second-order valence-corrected chi connectivity index (χ2v) is 3.50. The average Bonchev–Trinajstić information content (AvgIpc) is 2.27. The number of aromatic nitrogens is 1. The number of fused-ring (bicyclic) bond motifs is 1. The highest BCUT2D eigenvalue weighted by Crippen LogP contribution is 2.30. The molecule has 1 heterocycles. The maximum Gasteiger partial charge on any atom is 0.295 e. The number of hydrogen-bond donors (Lipinski definition) is 1. The molecular weight excluding hydrogens is 206 g/mol. The first kappa shape index (κ1) is 10.4. The largest absolute Gasteiger partial charge is 0.387 e. The molecule has 0 unspecified atom stereocenters. The molecule has 0 fully saturated rings. The molecule has 1 aromatic carbocycles. The summed E-state index contributed by atoms with van der Waals surface area (Å²) in [4.78, 5) is 14.6. The van der Waals surface area contributed by atoms with E-state index in [0.717, 1.165) is 16.6 Å². The van der Waals surface area contributed by atoms with E-state index in [1.54, 1.807) is 19.3 Å². The van der Waals surface area contributed by atoms with Crippen LogP contribution in [0.2, 0.25) is 0 Å². The molecule has 0 radical (unpaired) electrons. The summed E-state index contributed by atoms with van der Waals surface area (Å²) in [5, 5.41) is 14.7. The van der Waals surface area contributed by atoms with Gasteiger partial charge in [-0.1, -0.05) is 12.1 Å². The third-order valence-electron chi connectivity index (χ3n) is 2.51. The van der Waals surface area contributed by atoms with E-state index in [0.29, 0.717) is 5.52 Å². The third kappa shape index (κ3) is 1.46. The van der Waals surface area contributed by atoms with E-state index in [4.69, 9.17) is 0 Å². The number of aryl methyl sites for hydroxylation is 1. The predicted molar refractivity (Wildman–Crippen MR) is 62.7 cm³/mol. The highest BCUT2D eigenvalue weighted by Gasteiger charge is 2.15. The monoisotopic (exact) mass is 217 g/mol. The highest BCUT2D eigenvalue weighted by atomic mass is 16.6. The summed E-state index contributed by atoms with van der Waals surface area (Å²) in [5.41, 5.74) is 2.31. The number of non-ortho nitro benzene ring substituents is 1. The predicted octanol–water partition coefficient (Wildman–Crippen LogP) is 2.49. The minimum Gasteiger partial charge on any atom is -0.387 e. The lowest BCUT2D eigenvalue weighted by Crippen LogP contribution is -1.97. The Labute approximate surface area is 92.3 Å². The van der Waals surface area contributed by atoms with Gasteiger partial charge in [-0.3, -0.25) is 10.1 Å². The molecule has 5 nitrogen and oxygen atoms in total. The molecule has 0 bridgehead atoms. The van der Waals surface area contributed by atoms with E-state index < -0.39 is 4.92 Å². The molecule has 0 amide bonds. The average molecular weight is 217 g/mol. The van der Waals surface area contributed by atoms with Crippen LogP contribution in [0, 0.1) is 17.0 Å². The van der Waals surface area contributed by atoms with Crippen molar-refractivity contribution >= 4 is 22.3 Å². The normalized spacial score (nSPS) is 10.4. The number of nitro benzene ring substituents is 1. The molecule has 16 heavy (non-hydrogen) atoms. The van der Waals surface area contributed by atoms with Crippen LogP contribution in [0.25, 0.3) is 10.9 Å². The van der Waals surface area contributed by atoms with Gasteiger partial charge >= 0.3 is 0 Å². The van der Waals surface area contributed by atoms with Crippen LogP contribution in [0.4, 0.5) is 11.4 Å². The molecule has 5 heteroatoms. The van der Waals surface area contributed by atoms with Gasteiger partial charge in [0.25, 0.3) is 5.69 Å². The van der Waals surface area contributed by atoms with E-state index in [-0.39, 0.29) is 5.69 Å². The zero-order valence-corrected chi connectivity index (χ0v) is 9.02. The number of rotatable bonds is 2. The van der Waals surface area contributed by atoms with Crippen molar-refractivity contribution < 1.29 is 4.92 Å². The van der Waals surface area contributed by atoms with Crippen molar-refractivity contribution in [2.24, 2.45) is 0 Å². The van der Waals surface area contributed by atoms with E-state index in [1.165, 1.54) is 6.07 Å². The van der Waals surface area contributed by atoms with Gasteiger partial charge in [0.2, 0.25) is 0 Å². The van der Waals surface area contributed by atoms with Crippen LogP contribution in [0.3, 0.4) is 0 Å². The van der Waals surface area contributed by atoms with E-state index in [2.05, 4.69) is 10.3 Å². The Morgan fingerprint density at radius 3 is 2.81 bits per heavy atom. The lowest BCUT2D eigenvalue weighted by molar-refractivity contribution is -0.383. The van der Waals surface area contributed by atoms with Gasteiger partial charge in [-0.25, -0.2) is 4.98 Å². The van der Waals surface area contributed by atoms with Crippen LogP contribution >= 0.6 is 0 Å². The number of para-hydroxylation sites is 1. The first-order valence-electron chi connectivity index (χ1n) is 4.85. The number of pyridine rings is 1. The summed E-state index contributed by atoms with van der Waals surface area (Å²) in [5.74, 6) is 0. The standard InChI is InChI=1S/C11H11N3O2/c1-7-6-13-11-8(10(7)12-2)4-3-5-9(11)14(15)16/h3-6H,1-2H3,(H,12,13). The summed E-state index contributed by atoms with van der Waals surface area (Å²) in [6.07, 6.45) is 1.64. The van der Waals surface area contributed by atoms with Crippen LogP contribution in [0.1, 0.15) is 5.56 Å². The molecule has 2 aromatic rings. The highest BCUT2D eigenvalue weighted by molar-refractivity contribution is 5.97. The van der Waals surface area contributed by atoms with Gasteiger partial charge in [0, 0.05) is 30.4 Å². The van der Waals surface area contributed by atoms with Crippen molar-refractivity contribution in [3.63, 3.8) is 0 Å². The van der Waals surface area contributed by atoms with Crippen LogP contribution in [-0.2, 0) is 0 Å². The Hall–Kier alpha value is -2.17. The fourth-order valence-corrected chi connectivity index (χ4v) is 1.79. The molecule has 2 rings (SSSR count). The SMILES string of the molecule is CNc1c(C)cnc2c([N+](=O)[O-])cccc12. The first-order valence-corrected chi connectivity index (χ1v) is 4.85. The lowest BCUT2D eigenvalue weighted by atomic mass is 10.1. The van der Waals surface area contributed by atoms with Gasteiger partial charge in [-0.15, -0.1) is 0 Å². The molecule has 0 saturated carbocycles. The number of anilines is 1. The van der Waals surface area contributed by atoms with E-state index in [1.807, 2.05) is 13.0 Å². The second-order valence-electron chi connectivity index (χ2n) is 3.50. The second kappa shape index (κ2) is 3.77. The van der Waals surface area contributed by atoms with Crippen molar-refractivity contribution in [1.82, 2.24) is 4.98 Å². The van der Waals surface area contributed by atoms with Crippen molar-refractivity contribution in [3.8, 4) is 0 Å². The van der Waals surface area contributed by atoms with Crippen molar-refractivity contribution in [3.05, 3.63) is 40.1 Å². The number of nitrogens with zero attached hydrogens (tertiary/aromatic N) is 2. The third-order valence-corrected chi connectivity index (χ3v) is 2.51. The number of benzene rings is 1. The fraction of sp³-hybridized carbons (Fsp3) is 0.182. The number of nitro groups is 1. The van der Waals surface area contributed by atoms with Gasteiger partial charge in [-0.2, -0.15) is 0 Å². The molecule has 82 valence electrons. The topological polar surface area (TPSA) is 68.1 Å². The van der Waals surface area contributed by atoms with Crippen molar-refractivity contribution in [2.75, 3.05) is 12.4 Å². The summed E-state index contributed by atoms with van der Waals surface area (Å²) in [7, 11) is 1.79. The Balaban J connectivity index is 2.87. The molecule has 0 spiro atoms. The first-order chi connectivity index (χ1) is 7.65. The van der Waals surface area contributed by atoms with Crippen molar-refractivity contribution in [2.45, 2.75) is 6.92 Å². The molecule has 0 saturated heterocycles. The minimum absolute atomic E-state index is 0.0361. The summed E-state index contributed by atoms with van der Waals surface area (Å²) >= 11 is 0. The minimum atomic E-state index is -0.413. The number of nitrogens with one attached hydrogen (secondary N) is 1. The molecule has 1 aromatic heterocycles. The zero-order chi connectivity index (χ0) is 11.7. The van der Waals surface area contributed by atoms with Crippen LogP contribution < -0.4 is 5.32 Å². The number of hydrogen-bond acceptors (Lipinski definition) is 4.